The molecule has 23 heavy (non-hydrogen) atoms. The van der Waals surface area contributed by atoms with Crippen molar-refractivity contribution in [1.29, 1.82) is 0 Å². The number of azo groups is 1. The molecule has 0 unspecified atom stereocenters. The van der Waals surface area contributed by atoms with Crippen LogP contribution in [0.1, 0.15) is 22.8 Å². The number of anilines is 1. The molecule has 0 aliphatic heterocycles. The molecule has 0 bridgehead atoms. The fourth-order valence-electron chi connectivity index (χ4n) is 1.87. The minimum Gasteiger partial charge on any atom is -0.462 e. The number of benzene rings is 1. The van der Waals surface area contributed by atoms with Crippen molar-refractivity contribution in [2.24, 2.45) is 10.2 Å². The predicted octanol–water partition coefficient (Wildman–Crippen LogP) is 4.05. The van der Waals surface area contributed by atoms with Gasteiger partial charge in [-0.2, -0.15) is 5.11 Å². The zero-order chi connectivity index (χ0) is 16.8. The molecule has 6 heteroatoms. The summed E-state index contributed by atoms with van der Waals surface area (Å²) < 4.78 is 4.94. The van der Waals surface area contributed by atoms with E-state index in [0.717, 1.165) is 11.4 Å². The maximum atomic E-state index is 11.6. The zero-order valence-electron chi connectivity index (χ0n) is 13.8. The molecular weight excluding hydrogens is 292 g/mol. The molecule has 2 aromatic rings. The van der Waals surface area contributed by atoms with Gasteiger partial charge < -0.3 is 9.64 Å². The fourth-order valence-corrected chi connectivity index (χ4v) is 1.87. The van der Waals surface area contributed by atoms with E-state index in [-0.39, 0.29) is 5.97 Å². The molecule has 1 heterocycles. The first-order chi connectivity index (χ1) is 11.0. The second-order valence-corrected chi connectivity index (χ2v) is 5.19. The first-order valence-corrected chi connectivity index (χ1v) is 7.34. The molecular formula is C17H20N4O2. The molecule has 0 amide bonds. The third-order valence-electron chi connectivity index (χ3n) is 3.18. The van der Waals surface area contributed by atoms with Gasteiger partial charge in [-0.15, -0.1) is 5.11 Å². The van der Waals surface area contributed by atoms with Gasteiger partial charge in [0.2, 0.25) is 0 Å². The van der Waals surface area contributed by atoms with E-state index in [4.69, 9.17) is 4.74 Å². The Bertz CT molecular complexity index is 709. The van der Waals surface area contributed by atoms with Gasteiger partial charge in [0.25, 0.3) is 0 Å². The average molecular weight is 312 g/mol. The van der Waals surface area contributed by atoms with E-state index in [1.54, 1.807) is 37.4 Å². The van der Waals surface area contributed by atoms with Crippen LogP contribution in [0.5, 0.6) is 0 Å². The Morgan fingerprint density at radius 1 is 1.22 bits per heavy atom. The van der Waals surface area contributed by atoms with Crippen LogP contribution in [0.2, 0.25) is 0 Å². The van der Waals surface area contributed by atoms with Crippen LogP contribution in [0.3, 0.4) is 0 Å². The van der Waals surface area contributed by atoms with Crippen LogP contribution in [-0.4, -0.2) is 31.7 Å². The fraction of sp³-hybridized carbons (Fsp3) is 0.294. The number of nitrogens with zero attached hydrogens (tertiary/aromatic N) is 4. The van der Waals surface area contributed by atoms with Crippen molar-refractivity contribution in [3.05, 3.63) is 47.7 Å². The smallest absolute Gasteiger partial charge is 0.338 e. The maximum absolute atomic E-state index is 11.6. The molecule has 0 aliphatic carbocycles. The SMILES string of the molecule is CCOC(=O)c1ccc(N=Nc2cnc(N(C)C)cc2C)cc1. The topological polar surface area (TPSA) is 67.1 Å². The molecule has 1 aromatic carbocycles. The highest BCUT2D eigenvalue weighted by Crippen LogP contribution is 2.24. The number of carbonyl (C=O) groups excluding carboxylic acids is 1. The van der Waals surface area contributed by atoms with E-state index in [0.29, 0.717) is 23.5 Å². The largest absolute Gasteiger partial charge is 0.462 e. The summed E-state index contributed by atoms with van der Waals surface area (Å²) in [6.07, 6.45) is 1.70. The molecule has 0 saturated heterocycles. The van der Waals surface area contributed by atoms with Crippen LogP contribution in [-0.2, 0) is 4.74 Å². The molecule has 6 nitrogen and oxygen atoms in total. The minimum atomic E-state index is -0.338. The standard InChI is InChI=1S/C17H20N4O2/c1-5-23-17(22)13-6-8-14(9-7-13)19-20-15-11-18-16(21(3)4)10-12(15)2/h6-11H,5H2,1-4H3. The van der Waals surface area contributed by atoms with E-state index in [1.807, 2.05) is 32.0 Å². The predicted molar refractivity (Wildman–Crippen MR) is 89.9 cm³/mol. The number of rotatable bonds is 5. The molecule has 1 aromatic heterocycles. The van der Waals surface area contributed by atoms with Crippen LogP contribution >= 0.6 is 0 Å². The van der Waals surface area contributed by atoms with E-state index in [1.165, 1.54) is 0 Å². The third-order valence-corrected chi connectivity index (χ3v) is 3.18. The van der Waals surface area contributed by atoms with Gasteiger partial charge in [-0.1, -0.05) is 0 Å². The summed E-state index contributed by atoms with van der Waals surface area (Å²) in [6.45, 7) is 4.10. The maximum Gasteiger partial charge on any atom is 0.338 e. The summed E-state index contributed by atoms with van der Waals surface area (Å²) in [6, 6.07) is 8.76. The van der Waals surface area contributed by atoms with Gasteiger partial charge in [-0.3, -0.25) is 0 Å². The first-order valence-electron chi connectivity index (χ1n) is 7.34. The Balaban J connectivity index is 2.12. The van der Waals surface area contributed by atoms with Crippen molar-refractivity contribution >= 4 is 23.2 Å². The van der Waals surface area contributed by atoms with Crippen LogP contribution in [0.25, 0.3) is 0 Å². The normalized spacial score (nSPS) is 10.8. The van der Waals surface area contributed by atoms with Crippen LogP contribution < -0.4 is 4.90 Å². The molecule has 2 rings (SSSR count). The van der Waals surface area contributed by atoms with Gasteiger partial charge in [-0.05, 0) is 49.7 Å². The molecule has 0 spiro atoms. The molecule has 0 atom stereocenters. The Hall–Kier alpha value is -2.76. The Kier molecular flexibility index (Phi) is 5.41. The number of hydrogen-bond acceptors (Lipinski definition) is 6. The summed E-state index contributed by atoms with van der Waals surface area (Å²) in [4.78, 5) is 17.8. The zero-order valence-corrected chi connectivity index (χ0v) is 13.8. The lowest BCUT2D eigenvalue weighted by atomic mass is 10.2. The van der Waals surface area contributed by atoms with Crippen molar-refractivity contribution in [1.82, 2.24) is 4.98 Å². The third kappa shape index (κ3) is 4.35. The van der Waals surface area contributed by atoms with Gasteiger partial charge in [0.15, 0.2) is 0 Å². The minimum absolute atomic E-state index is 0.338. The Morgan fingerprint density at radius 3 is 2.48 bits per heavy atom. The Morgan fingerprint density at radius 2 is 1.91 bits per heavy atom. The Labute approximate surface area is 135 Å². The van der Waals surface area contributed by atoms with Crippen molar-refractivity contribution in [2.75, 3.05) is 25.6 Å². The number of hydrogen-bond donors (Lipinski definition) is 0. The van der Waals surface area contributed by atoms with Crippen molar-refractivity contribution in [3.63, 3.8) is 0 Å². The average Bonchev–Trinajstić information content (AvgIpc) is 2.54. The summed E-state index contributed by atoms with van der Waals surface area (Å²) in [5, 5.41) is 8.39. The van der Waals surface area contributed by atoms with Gasteiger partial charge in [0.1, 0.15) is 11.5 Å². The molecule has 0 fully saturated rings. The van der Waals surface area contributed by atoms with Crippen LogP contribution in [0.15, 0.2) is 46.8 Å². The van der Waals surface area contributed by atoms with E-state index >= 15 is 0 Å². The molecule has 0 N–H and O–H groups in total. The summed E-state index contributed by atoms with van der Waals surface area (Å²) in [7, 11) is 3.88. The van der Waals surface area contributed by atoms with Crippen LogP contribution in [0, 0.1) is 6.92 Å². The highest BCUT2D eigenvalue weighted by molar-refractivity contribution is 5.89. The van der Waals surface area contributed by atoms with Crippen molar-refractivity contribution in [3.8, 4) is 0 Å². The van der Waals surface area contributed by atoms with Crippen LogP contribution in [0.4, 0.5) is 17.2 Å². The summed E-state index contributed by atoms with van der Waals surface area (Å²) in [5.74, 6) is 0.538. The lowest BCUT2D eigenvalue weighted by Crippen LogP contribution is -2.10. The quantitative estimate of drug-likeness (QED) is 0.617. The highest BCUT2D eigenvalue weighted by Gasteiger charge is 2.05. The van der Waals surface area contributed by atoms with Gasteiger partial charge in [-0.25, -0.2) is 9.78 Å². The van der Waals surface area contributed by atoms with Gasteiger partial charge in [0.05, 0.1) is 24.1 Å². The lowest BCUT2D eigenvalue weighted by molar-refractivity contribution is 0.0526. The van der Waals surface area contributed by atoms with E-state index in [2.05, 4.69) is 15.2 Å². The number of ether oxygens (including phenoxy) is 1. The second kappa shape index (κ2) is 7.49. The molecule has 0 aliphatic rings. The van der Waals surface area contributed by atoms with Gasteiger partial charge in [0, 0.05) is 14.1 Å². The molecule has 0 saturated carbocycles. The monoisotopic (exact) mass is 312 g/mol. The molecule has 0 radical (unpaired) electrons. The van der Waals surface area contributed by atoms with Crippen molar-refractivity contribution in [2.45, 2.75) is 13.8 Å². The summed E-state index contributed by atoms with van der Waals surface area (Å²) in [5.41, 5.74) is 2.87. The summed E-state index contributed by atoms with van der Waals surface area (Å²) >= 11 is 0. The number of aromatic nitrogens is 1. The number of carbonyl (C=O) groups is 1. The van der Waals surface area contributed by atoms with E-state index < -0.39 is 0 Å². The number of esters is 1. The molecule has 120 valence electrons. The first kappa shape index (κ1) is 16.6. The van der Waals surface area contributed by atoms with Gasteiger partial charge >= 0.3 is 5.97 Å². The van der Waals surface area contributed by atoms with E-state index in [9.17, 15) is 4.79 Å². The number of aryl methyl sites for hydroxylation is 1. The second-order valence-electron chi connectivity index (χ2n) is 5.19. The number of pyridine rings is 1. The van der Waals surface area contributed by atoms with Crippen molar-refractivity contribution < 1.29 is 9.53 Å². The highest BCUT2D eigenvalue weighted by atomic mass is 16.5. The lowest BCUT2D eigenvalue weighted by Gasteiger charge is -2.11.